The molecule has 12 rings (SSSR count). The molecule has 63 heavy (non-hydrogen) atoms. The molecule has 0 N–H and O–H groups in total. The molecule has 0 unspecified atom stereocenters. The lowest BCUT2D eigenvalue weighted by molar-refractivity contribution is 0.671. The number of rotatable bonds is 8. The smallest absolute Gasteiger partial charge is 0.160 e. The first-order valence-corrected chi connectivity index (χ1v) is 21.5. The van der Waals surface area contributed by atoms with Gasteiger partial charge < -0.3 is 13.9 Å². The van der Waals surface area contributed by atoms with E-state index in [1.807, 2.05) is 6.07 Å². The maximum Gasteiger partial charge on any atom is 0.160 e. The standard InChI is InChI=1S/C60H40N2O/c1-4-16-41(17-5-1)43-32-36-48(37-33-43)61(55-25-13-10-22-50(55)45-18-6-2-7-19-45)49-38-34-44(35-39-49)42-28-30-46(31-29-42)53-40-54-51-23-12-15-27-57(51)63-60(54)59-58(53)52-24-11-14-26-56(52)62(59)47-20-8-3-9-21-47/h1-40H. The highest BCUT2D eigenvalue weighted by Gasteiger charge is 2.23. The van der Waals surface area contributed by atoms with E-state index in [0.29, 0.717) is 0 Å². The van der Waals surface area contributed by atoms with Crippen molar-refractivity contribution >= 4 is 60.8 Å². The zero-order valence-electron chi connectivity index (χ0n) is 34.4. The van der Waals surface area contributed by atoms with Crippen molar-refractivity contribution in [3.63, 3.8) is 0 Å². The number of anilines is 3. The summed E-state index contributed by atoms with van der Waals surface area (Å²) in [7, 11) is 0. The monoisotopic (exact) mass is 804 g/mol. The highest BCUT2D eigenvalue weighted by atomic mass is 16.3. The Kier molecular flexibility index (Phi) is 8.83. The van der Waals surface area contributed by atoms with E-state index < -0.39 is 0 Å². The summed E-state index contributed by atoms with van der Waals surface area (Å²) >= 11 is 0. The Bertz CT molecular complexity index is 3570. The molecule has 0 aliphatic heterocycles. The van der Waals surface area contributed by atoms with Crippen LogP contribution in [0.15, 0.2) is 247 Å². The molecule has 0 radical (unpaired) electrons. The van der Waals surface area contributed by atoms with Crippen LogP contribution in [0.5, 0.6) is 0 Å². The van der Waals surface area contributed by atoms with Gasteiger partial charge >= 0.3 is 0 Å². The molecule has 0 amide bonds. The minimum Gasteiger partial charge on any atom is -0.454 e. The van der Waals surface area contributed by atoms with E-state index in [1.165, 1.54) is 38.6 Å². The lowest BCUT2D eigenvalue weighted by atomic mass is 9.95. The van der Waals surface area contributed by atoms with Gasteiger partial charge in [0.05, 0.1) is 16.7 Å². The summed E-state index contributed by atoms with van der Waals surface area (Å²) < 4.78 is 9.11. The first-order chi connectivity index (χ1) is 31.3. The minimum atomic E-state index is 0.890. The molecule has 0 saturated carbocycles. The van der Waals surface area contributed by atoms with E-state index in [9.17, 15) is 0 Å². The first kappa shape index (κ1) is 36.5. The summed E-state index contributed by atoms with van der Waals surface area (Å²) in [5, 5.41) is 4.61. The van der Waals surface area contributed by atoms with Gasteiger partial charge in [-0.15, -0.1) is 0 Å². The van der Waals surface area contributed by atoms with Crippen LogP contribution in [-0.2, 0) is 0 Å². The molecule has 0 spiro atoms. The molecule has 0 atom stereocenters. The molecule has 0 bridgehead atoms. The van der Waals surface area contributed by atoms with Crippen LogP contribution in [0.25, 0.3) is 93.9 Å². The first-order valence-electron chi connectivity index (χ1n) is 21.5. The third-order valence-corrected chi connectivity index (χ3v) is 12.4. The number of hydrogen-bond acceptors (Lipinski definition) is 2. The summed E-state index contributed by atoms with van der Waals surface area (Å²) in [6.45, 7) is 0. The number of aromatic nitrogens is 1. The molecule has 10 aromatic carbocycles. The zero-order chi connectivity index (χ0) is 41.7. The topological polar surface area (TPSA) is 21.3 Å². The van der Waals surface area contributed by atoms with Gasteiger partial charge in [0.15, 0.2) is 5.58 Å². The molecule has 0 saturated heterocycles. The van der Waals surface area contributed by atoms with Gasteiger partial charge in [0.1, 0.15) is 5.58 Å². The van der Waals surface area contributed by atoms with E-state index in [2.05, 4.69) is 246 Å². The normalized spacial score (nSPS) is 11.5. The largest absolute Gasteiger partial charge is 0.454 e. The quantitative estimate of drug-likeness (QED) is 0.153. The fourth-order valence-electron chi connectivity index (χ4n) is 9.44. The Balaban J connectivity index is 0.961. The number of para-hydroxylation sites is 4. The van der Waals surface area contributed by atoms with E-state index in [1.54, 1.807) is 0 Å². The van der Waals surface area contributed by atoms with Gasteiger partial charge in [-0.05, 0) is 99.6 Å². The van der Waals surface area contributed by atoms with Crippen LogP contribution >= 0.6 is 0 Å². The fourth-order valence-corrected chi connectivity index (χ4v) is 9.44. The van der Waals surface area contributed by atoms with Crippen LogP contribution in [0.4, 0.5) is 17.1 Å². The van der Waals surface area contributed by atoms with Gasteiger partial charge in [0, 0.05) is 44.2 Å². The summed E-state index contributed by atoms with van der Waals surface area (Å²) in [5.74, 6) is 0. The average molecular weight is 805 g/mol. The van der Waals surface area contributed by atoms with Crippen LogP contribution in [0.1, 0.15) is 0 Å². The molecule has 3 heteroatoms. The highest BCUT2D eigenvalue weighted by molar-refractivity contribution is 6.26. The van der Waals surface area contributed by atoms with E-state index >= 15 is 0 Å². The van der Waals surface area contributed by atoms with Crippen molar-refractivity contribution in [2.75, 3.05) is 4.90 Å². The fraction of sp³-hybridized carbons (Fsp3) is 0. The molecule has 2 aromatic heterocycles. The van der Waals surface area contributed by atoms with Gasteiger partial charge in [0.2, 0.25) is 0 Å². The number of benzene rings is 10. The number of furan rings is 1. The maximum atomic E-state index is 6.74. The van der Waals surface area contributed by atoms with Crippen molar-refractivity contribution in [1.29, 1.82) is 0 Å². The molecule has 0 aliphatic rings. The zero-order valence-corrected chi connectivity index (χ0v) is 34.4. The third kappa shape index (κ3) is 6.29. The Labute approximate surface area is 366 Å². The molecule has 2 heterocycles. The second kappa shape index (κ2) is 15.3. The van der Waals surface area contributed by atoms with E-state index in [4.69, 9.17) is 4.42 Å². The van der Waals surface area contributed by atoms with Crippen LogP contribution < -0.4 is 4.90 Å². The maximum absolute atomic E-state index is 6.74. The Morgan fingerprint density at radius 3 is 1.49 bits per heavy atom. The molecule has 0 fully saturated rings. The van der Waals surface area contributed by atoms with E-state index in [-0.39, 0.29) is 0 Å². The molecule has 296 valence electrons. The van der Waals surface area contributed by atoms with Gasteiger partial charge in [-0.1, -0.05) is 182 Å². The lowest BCUT2D eigenvalue weighted by Gasteiger charge is -2.28. The van der Waals surface area contributed by atoms with Crippen LogP contribution in [0, 0.1) is 0 Å². The van der Waals surface area contributed by atoms with Gasteiger partial charge in [-0.25, -0.2) is 0 Å². The van der Waals surface area contributed by atoms with Crippen molar-refractivity contribution in [2.45, 2.75) is 0 Å². The number of nitrogens with zero attached hydrogens (tertiary/aromatic N) is 2. The second-order valence-corrected chi connectivity index (χ2v) is 16.1. The van der Waals surface area contributed by atoms with Crippen LogP contribution in [0.2, 0.25) is 0 Å². The van der Waals surface area contributed by atoms with Crippen LogP contribution in [-0.4, -0.2) is 4.57 Å². The summed E-state index contributed by atoms with van der Waals surface area (Å²) in [6, 6.07) is 86.9. The van der Waals surface area contributed by atoms with Crippen molar-refractivity contribution in [1.82, 2.24) is 4.57 Å². The van der Waals surface area contributed by atoms with Crippen molar-refractivity contribution in [2.24, 2.45) is 0 Å². The Morgan fingerprint density at radius 2 is 0.825 bits per heavy atom. The highest BCUT2D eigenvalue weighted by Crippen LogP contribution is 2.46. The minimum absolute atomic E-state index is 0.890. The van der Waals surface area contributed by atoms with Gasteiger partial charge in [-0.2, -0.15) is 0 Å². The molecule has 0 aliphatic carbocycles. The molecular weight excluding hydrogens is 765 g/mol. The summed E-state index contributed by atoms with van der Waals surface area (Å²) in [5.41, 5.74) is 17.8. The van der Waals surface area contributed by atoms with Crippen LogP contribution in [0.3, 0.4) is 0 Å². The van der Waals surface area contributed by atoms with Crippen molar-refractivity contribution in [3.05, 3.63) is 243 Å². The number of hydrogen-bond donors (Lipinski definition) is 0. The second-order valence-electron chi connectivity index (χ2n) is 16.1. The Hall–Kier alpha value is -8.40. The van der Waals surface area contributed by atoms with E-state index in [0.717, 1.165) is 72.4 Å². The van der Waals surface area contributed by atoms with Crippen molar-refractivity contribution in [3.8, 4) is 50.2 Å². The lowest BCUT2D eigenvalue weighted by Crippen LogP contribution is -2.11. The number of fused-ring (bicyclic) bond motifs is 7. The van der Waals surface area contributed by atoms with Gasteiger partial charge in [0.25, 0.3) is 0 Å². The SMILES string of the molecule is c1ccc(-c2ccc(N(c3ccc(-c4ccc(-c5cc6c7ccccc7oc6c6c5c5ccccc5n6-c5ccccc5)cc4)cc3)c3ccccc3-c3ccccc3)cc2)cc1. The summed E-state index contributed by atoms with van der Waals surface area (Å²) in [4.78, 5) is 2.37. The third-order valence-electron chi connectivity index (χ3n) is 12.4. The molecular formula is C60H40N2O. The Morgan fingerprint density at radius 1 is 0.349 bits per heavy atom. The van der Waals surface area contributed by atoms with Gasteiger partial charge in [-0.3, -0.25) is 0 Å². The van der Waals surface area contributed by atoms with Crippen molar-refractivity contribution < 1.29 is 4.42 Å². The predicted molar refractivity (Wildman–Crippen MR) is 264 cm³/mol. The predicted octanol–water partition coefficient (Wildman–Crippen LogP) is 16.8. The average Bonchev–Trinajstić information content (AvgIpc) is 3.92. The summed E-state index contributed by atoms with van der Waals surface area (Å²) in [6.07, 6.45) is 0. The molecule has 3 nitrogen and oxygen atoms in total. The molecule has 12 aromatic rings.